The molecule has 3 aromatic rings. The van der Waals surface area contributed by atoms with Gasteiger partial charge in [-0.3, -0.25) is 4.79 Å². The van der Waals surface area contributed by atoms with Gasteiger partial charge in [0, 0.05) is 31.6 Å². The summed E-state index contributed by atoms with van der Waals surface area (Å²) in [5, 5.41) is 0. The Balaban J connectivity index is 1.67. The second-order valence-corrected chi connectivity index (χ2v) is 7.95. The van der Waals surface area contributed by atoms with Crippen LogP contribution in [0.15, 0.2) is 18.2 Å². The predicted molar refractivity (Wildman–Crippen MR) is 118 cm³/mol. The number of nitrogens with zero attached hydrogens (tertiary/aromatic N) is 5. The predicted octanol–water partition coefficient (Wildman–Crippen LogP) is 2.39. The van der Waals surface area contributed by atoms with E-state index >= 15 is 0 Å². The molecule has 9 heteroatoms. The molecule has 1 aromatic carbocycles. The number of halogens is 1. The minimum atomic E-state index is -0.882. The van der Waals surface area contributed by atoms with Crippen molar-refractivity contribution in [1.82, 2.24) is 24.4 Å². The summed E-state index contributed by atoms with van der Waals surface area (Å²) in [4.78, 5) is 25.0. The third-order valence-corrected chi connectivity index (χ3v) is 6.05. The molecule has 1 saturated heterocycles. The molecule has 166 valence electrons. The maximum Gasteiger partial charge on any atom is 0.312 e. The number of hydrogen-bond acceptors (Lipinski definition) is 6. The summed E-state index contributed by atoms with van der Waals surface area (Å²) in [5.74, 6) is 4.53. The number of nitrogen functional groups attached to an aromatic ring is 1. The van der Waals surface area contributed by atoms with Crippen LogP contribution in [0.1, 0.15) is 36.2 Å². The smallest absolute Gasteiger partial charge is 0.312 e. The maximum absolute atomic E-state index is 14.0. The quantitative estimate of drug-likeness (QED) is 0.347. The lowest BCUT2D eigenvalue weighted by Gasteiger charge is -2.29. The lowest BCUT2D eigenvalue weighted by atomic mass is 9.94. The van der Waals surface area contributed by atoms with E-state index in [4.69, 9.17) is 16.9 Å². The zero-order valence-electron chi connectivity index (χ0n) is 17.9. The number of piperidine rings is 1. The van der Waals surface area contributed by atoms with E-state index in [0.29, 0.717) is 41.6 Å². The first-order valence-electron chi connectivity index (χ1n) is 10.5. The van der Waals surface area contributed by atoms with Crippen molar-refractivity contribution < 1.29 is 13.9 Å². The molecule has 8 nitrogen and oxygen atoms in total. The number of methoxy groups -OCH3 is 1. The number of ether oxygens (including phenoxy) is 1. The van der Waals surface area contributed by atoms with E-state index in [9.17, 15) is 9.18 Å². The largest absolute Gasteiger partial charge is 0.497 e. The summed E-state index contributed by atoms with van der Waals surface area (Å²) >= 11 is 0. The molecule has 1 aliphatic rings. The topological polar surface area (TPSA) is 99.2 Å². The third-order valence-electron chi connectivity index (χ3n) is 6.05. The zero-order valence-corrected chi connectivity index (χ0v) is 17.9. The molecule has 0 saturated carbocycles. The molecule has 4 rings (SSSR count). The highest BCUT2D eigenvalue weighted by molar-refractivity contribution is 5.82. The van der Waals surface area contributed by atoms with E-state index in [2.05, 4.69) is 20.9 Å². The number of likely N-dealkylation sites (tertiary alicyclic amines) is 1. The minimum Gasteiger partial charge on any atom is -0.497 e. The molecule has 2 aromatic heterocycles. The van der Waals surface area contributed by atoms with Gasteiger partial charge in [0.05, 0.1) is 7.11 Å². The molecule has 1 amide bonds. The van der Waals surface area contributed by atoms with Crippen molar-refractivity contribution in [2.75, 3.05) is 25.9 Å². The molecule has 0 spiro atoms. The first kappa shape index (κ1) is 21.6. The summed E-state index contributed by atoms with van der Waals surface area (Å²) in [6.07, 6.45) is 8.85. The average molecular weight is 436 g/mol. The fourth-order valence-corrected chi connectivity index (χ4v) is 4.22. The van der Waals surface area contributed by atoms with Crippen LogP contribution in [-0.2, 0) is 17.8 Å². The molecular formula is C23H25FN6O2. The van der Waals surface area contributed by atoms with Gasteiger partial charge in [0.1, 0.15) is 11.6 Å². The van der Waals surface area contributed by atoms with Crippen LogP contribution >= 0.6 is 0 Å². The van der Waals surface area contributed by atoms with E-state index in [1.807, 2.05) is 22.8 Å². The van der Waals surface area contributed by atoms with Gasteiger partial charge in [0.25, 0.3) is 0 Å². The number of anilines is 1. The number of rotatable bonds is 7. The number of carbonyl (C=O) groups excluding carboxylic acids is 1. The van der Waals surface area contributed by atoms with Crippen molar-refractivity contribution in [3.63, 3.8) is 0 Å². The summed E-state index contributed by atoms with van der Waals surface area (Å²) in [5.41, 5.74) is 8.30. The van der Waals surface area contributed by atoms with Crippen molar-refractivity contribution in [3.8, 4) is 18.1 Å². The Bertz CT molecular complexity index is 1180. The van der Waals surface area contributed by atoms with Crippen molar-refractivity contribution in [3.05, 3.63) is 41.2 Å². The zero-order chi connectivity index (χ0) is 22.7. The van der Waals surface area contributed by atoms with Gasteiger partial charge in [-0.15, -0.1) is 6.42 Å². The van der Waals surface area contributed by atoms with Gasteiger partial charge in [-0.1, -0.05) is 5.92 Å². The van der Waals surface area contributed by atoms with E-state index in [1.54, 1.807) is 12.0 Å². The molecule has 32 heavy (non-hydrogen) atoms. The van der Waals surface area contributed by atoms with Gasteiger partial charge in [0.15, 0.2) is 17.0 Å². The number of fused-ring (bicyclic) bond motifs is 1. The minimum absolute atomic E-state index is 0.00890. The average Bonchev–Trinajstić information content (AvgIpc) is 3.15. The van der Waals surface area contributed by atoms with Crippen molar-refractivity contribution in [2.45, 2.75) is 32.2 Å². The highest BCUT2D eigenvalue weighted by Gasteiger charge is 2.22. The SMILES string of the molecule is C#Cc1ccc(OC)cc1Cc1nc2c(N)nc(F)nc2n1CCC1CCN(C=O)CC1. The fraction of sp³-hybridized carbons (Fsp3) is 0.391. The van der Waals surface area contributed by atoms with Crippen LogP contribution in [0.5, 0.6) is 5.75 Å². The number of aryl methyl sites for hydroxylation is 1. The normalized spacial score (nSPS) is 14.5. The first-order chi connectivity index (χ1) is 15.5. The maximum atomic E-state index is 14.0. The molecule has 0 atom stereocenters. The van der Waals surface area contributed by atoms with E-state index in [1.165, 1.54) is 0 Å². The molecule has 1 fully saturated rings. The van der Waals surface area contributed by atoms with Gasteiger partial charge in [-0.05, 0) is 48.9 Å². The number of benzene rings is 1. The van der Waals surface area contributed by atoms with Crippen LogP contribution in [0.4, 0.5) is 10.2 Å². The van der Waals surface area contributed by atoms with Crippen molar-refractivity contribution in [1.29, 1.82) is 0 Å². The van der Waals surface area contributed by atoms with Gasteiger partial charge in [-0.25, -0.2) is 4.98 Å². The Morgan fingerprint density at radius 1 is 1.31 bits per heavy atom. The second-order valence-electron chi connectivity index (χ2n) is 7.95. The Kier molecular flexibility index (Phi) is 6.21. The summed E-state index contributed by atoms with van der Waals surface area (Å²) < 4.78 is 21.2. The number of amides is 1. The highest BCUT2D eigenvalue weighted by Crippen LogP contribution is 2.26. The van der Waals surface area contributed by atoms with Crippen LogP contribution in [0.2, 0.25) is 0 Å². The summed E-state index contributed by atoms with van der Waals surface area (Å²) in [7, 11) is 1.60. The lowest BCUT2D eigenvalue weighted by Crippen LogP contribution is -2.32. The molecule has 3 heterocycles. The van der Waals surface area contributed by atoms with Gasteiger partial charge in [0.2, 0.25) is 6.41 Å². The first-order valence-corrected chi connectivity index (χ1v) is 10.5. The summed E-state index contributed by atoms with van der Waals surface area (Å²) in [6, 6.07) is 5.52. The highest BCUT2D eigenvalue weighted by atomic mass is 19.1. The summed E-state index contributed by atoms with van der Waals surface area (Å²) in [6.45, 7) is 2.11. The number of aromatic nitrogens is 4. The van der Waals surface area contributed by atoms with E-state index in [-0.39, 0.29) is 5.82 Å². The van der Waals surface area contributed by atoms with Crippen LogP contribution in [0.25, 0.3) is 11.2 Å². The molecule has 0 unspecified atom stereocenters. The van der Waals surface area contributed by atoms with Gasteiger partial charge < -0.3 is 19.9 Å². The fourth-order valence-electron chi connectivity index (χ4n) is 4.22. The van der Waals surface area contributed by atoms with Crippen LogP contribution in [0, 0.1) is 24.3 Å². The van der Waals surface area contributed by atoms with E-state index in [0.717, 1.165) is 49.9 Å². The number of hydrogen-bond donors (Lipinski definition) is 1. The number of nitrogens with two attached hydrogens (primary N) is 1. The standard InChI is InChI=1S/C23H25FN6O2/c1-3-16-4-5-18(32-2)12-17(16)13-19-26-20-21(25)27-23(24)28-22(20)30(19)11-8-15-6-9-29(14-31)10-7-15/h1,4-5,12,14-15H,6-11,13H2,2H3,(H2,25,27,28). The van der Waals surface area contributed by atoms with Crippen LogP contribution < -0.4 is 10.5 Å². The Morgan fingerprint density at radius 3 is 2.78 bits per heavy atom. The Labute approximate surface area is 185 Å². The number of imidazole rings is 1. The van der Waals surface area contributed by atoms with Crippen LogP contribution in [0.3, 0.4) is 0 Å². The second kappa shape index (κ2) is 9.22. The Morgan fingerprint density at radius 2 is 2.09 bits per heavy atom. The molecule has 1 aliphatic heterocycles. The van der Waals surface area contributed by atoms with Crippen molar-refractivity contribution >= 4 is 23.4 Å². The number of terminal acetylenes is 1. The monoisotopic (exact) mass is 436 g/mol. The Hall–Kier alpha value is -3.67. The lowest BCUT2D eigenvalue weighted by molar-refractivity contribution is -0.119. The molecule has 0 aliphatic carbocycles. The van der Waals surface area contributed by atoms with E-state index < -0.39 is 6.08 Å². The third kappa shape index (κ3) is 4.35. The molecular weight excluding hydrogens is 411 g/mol. The van der Waals surface area contributed by atoms with Crippen molar-refractivity contribution in [2.24, 2.45) is 5.92 Å². The molecule has 2 N–H and O–H groups in total. The molecule has 0 bridgehead atoms. The van der Waals surface area contributed by atoms with Gasteiger partial charge in [-0.2, -0.15) is 14.4 Å². The number of carbonyl (C=O) groups is 1. The van der Waals surface area contributed by atoms with Gasteiger partial charge >= 0.3 is 6.08 Å². The van der Waals surface area contributed by atoms with Crippen LogP contribution in [-0.4, -0.2) is 51.0 Å². The molecule has 0 radical (unpaired) electrons.